The maximum absolute atomic E-state index is 14.4. The average molecular weight is 361 g/mol. The summed E-state index contributed by atoms with van der Waals surface area (Å²) in [7, 11) is 0. The van der Waals surface area contributed by atoms with E-state index in [-0.39, 0.29) is 16.6 Å². The lowest BCUT2D eigenvalue weighted by Crippen LogP contribution is -2.19. The summed E-state index contributed by atoms with van der Waals surface area (Å²) >= 11 is 1.51. The van der Waals surface area contributed by atoms with E-state index in [9.17, 15) is 14.0 Å². The van der Waals surface area contributed by atoms with Crippen molar-refractivity contribution in [2.45, 2.75) is 26.9 Å². The Morgan fingerprint density at radius 3 is 2.80 bits per heavy atom. The minimum absolute atomic E-state index is 0.0503. The van der Waals surface area contributed by atoms with Crippen LogP contribution in [0.1, 0.15) is 28.0 Å². The molecule has 0 saturated heterocycles. The molecule has 0 aliphatic carbocycles. The number of anilines is 1. The lowest BCUT2D eigenvalue weighted by molar-refractivity contribution is 0.0695. The number of thiazole rings is 1. The number of nitrogens with zero attached hydrogens (tertiary/aromatic N) is 2. The zero-order chi connectivity index (χ0) is 18.1. The van der Waals surface area contributed by atoms with Crippen LogP contribution < -0.4 is 10.7 Å². The Balaban J connectivity index is 2.07. The SMILES string of the molecule is CCn1cc(C(=O)O)c(=O)c2cc(F)c(NCc3csc(C)n3)cc21. The number of carboxylic acids is 1. The zero-order valence-electron chi connectivity index (χ0n) is 13.7. The number of halogens is 1. The number of hydrogen-bond donors (Lipinski definition) is 2. The molecule has 0 aliphatic rings. The molecule has 0 fully saturated rings. The number of aromatic nitrogens is 2. The third-order valence-corrected chi connectivity index (χ3v) is 4.69. The predicted octanol–water partition coefficient (Wildman–Crippen LogP) is 3.24. The molecule has 3 aromatic rings. The molecular weight excluding hydrogens is 345 g/mol. The van der Waals surface area contributed by atoms with Crippen molar-refractivity contribution in [3.8, 4) is 0 Å². The third kappa shape index (κ3) is 3.25. The summed E-state index contributed by atoms with van der Waals surface area (Å²) in [5.74, 6) is -1.93. The summed E-state index contributed by atoms with van der Waals surface area (Å²) in [5.41, 5.74) is 0.468. The van der Waals surface area contributed by atoms with Gasteiger partial charge in [0.2, 0.25) is 5.43 Å². The molecule has 8 heteroatoms. The molecule has 1 aromatic carbocycles. The van der Waals surface area contributed by atoms with Crippen molar-refractivity contribution in [2.75, 3.05) is 5.32 Å². The molecule has 130 valence electrons. The van der Waals surface area contributed by atoms with Gasteiger partial charge >= 0.3 is 5.97 Å². The van der Waals surface area contributed by atoms with E-state index in [2.05, 4.69) is 10.3 Å². The molecule has 0 amide bonds. The van der Waals surface area contributed by atoms with Crippen LogP contribution in [0.2, 0.25) is 0 Å². The summed E-state index contributed by atoms with van der Waals surface area (Å²) in [6.45, 7) is 4.53. The van der Waals surface area contributed by atoms with Gasteiger partial charge in [-0.1, -0.05) is 0 Å². The van der Waals surface area contributed by atoms with Crippen molar-refractivity contribution in [3.63, 3.8) is 0 Å². The first-order valence-corrected chi connectivity index (χ1v) is 8.53. The fraction of sp³-hybridized carbons (Fsp3) is 0.235. The van der Waals surface area contributed by atoms with Crippen LogP contribution in [0, 0.1) is 12.7 Å². The fourth-order valence-corrected chi connectivity index (χ4v) is 3.25. The monoisotopic (exact) mass is 361 g/mol. The number of nitrogens with one attached hydrogen (secondary N) is 1. The molecule has 0 aliphatic heterocycles. The molecule has 2 heterocycles. The van der Waals surface area contributed by atoms with Gasteiger partial charge in [0.05, 0.1) is 28.5 Å². The minimum Gasteiger partial charge on any atom is -0.477 e. The van der Waals surface area contributed by atoms with Crippen molar-refractivity contribution in [2.24, 2.45) is 0 Å². The lowest BCUT2D eigenvalue weighted by Gasteiger charge is -2.13. The Morgan fingerprint density at radius 2 is 2.20 bits per heavy atom. The Morgan fingerprint density at radius 1 is 1.44 bits per heavy atom. The number of aromatic carboxylic acids is 1. The van der Waals surface area contributed by atoms with Crippen molar-refractivity contribution < 1.29 is 14.3 Å². The second kappa shape index (κ2) is 6.64. The number of fused-ring (bicyclic) bond motifs is 1. The Kier molecular flexibility index (Phi) is 4.54. The summed E-state index contributed by atoms with van der Waals surface area (Å²) in [5, 5.41) is 15.0. The standard InChI is InChI=1S/C17H16FN3O3S/c1-3-21-7-12(17(23)24)16(22)11-4-13(18)14(5-15(11)21)19-6-10-8-25-9(2)20-10/h4-5,7-8,19H,3,6H2,1-2H3,(H,23,24). The highest BCUT2D eigenvalue weighted by Crippen LogP contribution is 2.23. The van der Waals surface area contributed by atoms with Crippen LogP contribution in [0.4, 0.5) is 10.1 Å². The number of hydrogen-bond acceptors (Lipinski definition) is 5. The van der Waals surface area contributed by atoms with E-state index in [1.807, 2.05) is 19.2 Å². The van der Waals surface area contributed by atoms with Crippen LogP contribution in [-0.4, -0.2) is 20.6 Å². The molecule has 2 N–H and O–H groups in total. The summed E-state index contributed by atoms with van der Waals surface area (Å²) < 4.78 is 16.0. The molecule has 0 spiro atoms. The molecule has 3 rings (SSSR count). The Labute approximate surface area is 146 Å². The maximum atomic E-state index is 14.4. The van der Waals surface area contributed by atoms with Crippen LogP contribution >= 0.6 is 11.3 Å². The second-order valence-electron chi connectivity index (χ2n) is 5.52. The summed E-state index contributed by atoms with van der Waals surface area (Å²) in [6.07, 6.45) is 1.29. The van der Waals surface area contributed by atoms with E-state index >= 15 is 0 Å². The van der Waals surface area contributed by atoms with Gasteiger partial charge < -0.3 is 15.0 Å². The van der Waals surface area contributed by atoms with Gasteiger partial charge in [-0.3, -0.25) is 4.79 Å². The van der Waals surface area contributed by atoms with Gasteiger partial charge in [-0.25, -0.2) is 14.2 Å². The Bertz CT molecular complexity index is 1030. The van der Waals surface area contributed by atoms with Crippen molar-refractivity contribution in [1.29, 1.82) is 0 Å². The predicted molar refractivity (Wildman–Crippen MR) is 95.0 cm³/mol. The average Bonchev–Trinajstić information content (AvgIpc) is 2.99. The molecule has 0 atom stereocenters. The van der Waals surface area contributed by atoms with Gasteiger partial charge in [0, 0.05) is 23.5 Å². The number of aryl methyl sites for hydroxylation is 2. The van der Waals surface area contributed by atoms with Gasteiger partial charge in [0.15, 0.2) is 0 Å². The fourth-order valence-electron chi connectivity index (χ4n) is 2.64. The molecule has 0 saturated carbocycles. The Hall–Kier alpha value is -2.74. The van der Waals surface area contributed by atoms with E-state index in [1.54, 1.807) is 4.57 Å². The normalized spacial score (nSPS) is 11.0. The molecular formula is C17H16FN3O3S. The summed E-state index contributed by atoms with van der Waals surface area (Å²) in [4.78, 5) is 27.8. The van der Waals surface area contributed by atoms with Crippen LogP contribution in [-0.2, 0) is 13.1 Å². The zero-order valence-corrected chi connectivity index (χ0v) is 14.5. The largest absolute Gasteiger partial charge is 0.477 e. The van der Waals surface area contributed by atoms with Crippen molar-refractivity contribution in [3.05, 3.63) is 56.0 Å². The minimum atomic E-state index is -1.32. The smallest absolute Gasteiger partial charge is 0.341 e. The third-order valence-electron chi connectivity index (χ3n) is 3.87. The van der Waals surface area contributed by atoms with E-state index in [0.717, 1.165) is 16.8 Å². The van der Waals surface area contributed by atoms with Crippen LogP contribution in [0.15, 0.2) is 28.5 Å². The van der Waals surface area contributed by atoms with Crippen molar-refractivity contribution >= 4 is 33.9 Å². The maximum Gasteiger partial charge on any atom is 0.341 e. The van der Waals surface area contributed by atoms with Gasteiger partial charge in [-0.2, -0.15) is 0 Å². The number of carbonyl (C=O) groups is 1. The molecule has 25 heavy (non-hydrogen) atoms. The summed E-state index contributed by atoms with van der Waals surface area (Å²) in [6, 6.07) is 2.62. The van der Waals surface area contributed by atoms with Gasteiger partial charge in [-0.05, 0) is 26.0 Å². The first-order chi connectivity index (χ1) is 11.9. The number of rotatable bonds is 5. The number of pyridine rings is 1. The molecule has 0 unspecified atom stereocenters. The highest BCUT2D eigenvalue weighted by Gasteiger charge is 2.16. The van der Waals surface area contributed by atoms with E-state index in [0.29, 0.717) is 18.6 Å². The van der Waals surface area contributed by atoms with Gasteiger partial charge in [0.1, 0.15) is 11.4 Å². The van der Waals surface area contributed by atoms with Crippen LogP contribution in [0.3, 0.4) is 0 Å². The van der Waals surface area contributed by atoms with Gasteiger partial charge in [-0.15, -0.1) is 11.3 Å². The molecule has 0 bridgehead atoms. The highest BCUT2D eigenvalue weighted by atomic mass is 32.1. The molecule has 0 radical (unpaired) electrons. The van der Waals surface area contributed by atoms with E-state index in [1.165, 1.54) is 23.6 Å². The first kappa shape index (κ1) is 17.1. The lowest BCUT2D eigenvalue weighted by atomic mass is 10.1. The highest BCUT2D eigenvalue weighted by molar-refractivity contribution is 7.09. The second-order valence-corrected chi connectivity index (χ2v) is 6.59. The van der Waals surface area contributed by atoms with Crippen molar-refractivity contribution in [1.82, 2.24) is 9.55 Å². The van der Waals surface area contributed by atoms with E-state index < -0.39 is 17.2 Å². The number of benzene rings is 1. The topological polar surface area (TPSA) is 84.2 Å². The molecule has 2 aromatic heterocycles. The van der Waals surface area contributed by atoms with Gasteiger partial charge in [0.25, 0.3) is 0 Å². The molecule has 6 nitrogen and oxygen atoms in total. The van der Waals surface area contributed by atoms with Crippen LogP contribution in [0.5, 0.6) is 0 Å². The first-order valence-electron chi connectivity index (χ1n) is 7.65. The quantitative estimate of drug-likeness (QED) is 0.729. The van der Waals surface area contributed by atoms with Crippen LogP contribution in [0.25, 0.3) is 10.9 Å². The number of carboxylic acid groups (broad SMARTS) is 1. The van der Waals surface area contributed by atoms with E-state index in [4.69, 9.17) is 5.11 Å².